The summed E-state index contributed by atoms with van der Waals surface area (Å²) in [5.74, 6) is -0.184. The second-order valence-electron chi connectivity index (χ2n) is 7.56. The number of hydrogen-bond acceptors (Lipinski definition) is 5. The van der Waals surface area contributed by atoms with E-state index in [2.05, 4.69) is 10.4 Å². The molecule has 8 nitrogen and oxygen atoms in total. The van der Waals surface area contributed by atoms with Gasteiger partial charge in [0.1, 0.15) is 0 Å². The lowest BCUT2D eigenvalue weighted by Crippen LogP contribution is -2.40. The highest BCUT2D eigenvalue weighted by Crippen LogP contribution is 2.18. The van der Waals surface area contributed by atoms with Crippen LogP contribution in [-0.4, -0.2) is 61.3 Å². The van der Waals surface area contributed by atoms with Gasteiger partial charge in [-0.15, -0.1) is 0 Å². The van der Waals surface area contributed by atoms with E-state index >= 15 is 0 Å². The average molecular weight is 455 g/mol. The first kappa shape index (κ1) is 22.2. The summed E-state index contributed by atoms with van der Waals surface area (Å²) in [5, 5.41) is 7.25. The highest BCUT2D eigenvalue weighted by atomic mass is 32.2. The Morgan fingerprint density at radius 1 is 1.06 bits per heavy atom. The lowest BCUT2D eigenvalue weighted by Gasteiger charge is -2.26. The second-order valence-corrected chi connectivity index (χ2v) is 9.50. The fraction of sp³-hybridized carbons (Fsp3) is 0.304. The van der Waals surface area contributed by atoms with Crippen molar-refractivity contribution in [2.75, 3.05) is 32.8 Å². The van der Waals surface area contributed by atoms with Gasteiger partial charge in [0.15, 0.2) is 0 Å². The summed E-state index contributed by atoms with van der Waals surface area (Å²) < 4.78 is 33.8. The Bertz CT molecular complexity index is 1170. The first-order chi connectivity index (χ1) is 15.5. The van der Waals surface area contributed by atoms with E-state index in [-0.39, 0.29) is 10.8 Å². The molecule has 0 atom stereocenters. The molecule has 2 aromatic carbocycles. The van der Waals surface area contributed by atoms with Crippen molar-refractivity contribution in [3.63, 3.8) is 0 Å². The number of sulfonamides is 1. The summed E-state index contributed by atoms with van der Waals surface area (Å²) >= 11 is 0. The van der Waals surface area contributed by atoms with Crippen LogP contribution >= 0.6 is 0 Å². The molecule has 0 bridgehead atoms. The number of nitrogens with one attached hydrogen (secondary N) is 1. The van der Waals surface area contributed by atoms with Gasteiger partial charge in [-0.25, -0.2) is 13.1 Å². The minimum absolute atomic E-state index is 0.184. The number of ether oxygens (including phenoxy) is 1. The molecule has 0 unspecified atom stereocenters. The molecule has 0 radical (unpaired) electrons. The molecule has 32 heavy (non-hydrogen) atoms. The zero-order valence-corrected chi connectivity index (χ0v) is 18.7. The Kier molecular flexibility index (Phi) is 6.69. The number of morpholine rings is 1. The molecule has 1 amide bonds. The SMILES string of the molecule is Cc1c(C(=O)NCCc2ccc(S(=O)(=O)N3CCOCC3)cc2)cnn1-c1ccccc1. The Hall–Kier alpha value is -3.01. The summed E-state index contributed by atoms with van der Waals surface area (Å²) in [6, 6.07) is 16.5. The van der Waals surface area contributed by atoms with E-state index < -0.39 is 10.0 Å². The molecule has 1 N–H and O–H groups in total. The fourth-order valence-corrected chi connectivity index (χ4v) is 5.05. The third-order valence-electron chi connectivity index (χ3n) is 5.49. The maximum Gasteiger partial charge on any atom is 0.254 e. The molecule has 168 valence electrons. The van der Waals surface area contributed by atoms with E-state index in [4.69, 9.17) is 4.74 Å². The standard InChI is InChI=1S/C23H26N4O4S/c1-18-22(17-25-27(18)20-5-3-2-4-6-20)23(28)24-12-11-19-7-9-21(10-8-19)32(29,30)26-13-15-31-16-14-26/h2-10,17H,11-16H2,1H3,(H,24,28). The fourth-order valence-electron chi connectivity index (χ4n) is 3.64. The molecule has 0 saturated carbocycles. The van der Waals surface area contributed by atoms with Crippen molar-refractivity contribution in [3.8, 4) is 5.69 Å². The molecule has 9 heteroatoms. The molecule has 1 aromatic heterocycles. The highest BCUT2D eigenvalue weighted by Gasteiger charge is 2.26. The number of aromatic nitrogens is 2. The number of rotatable bonds is 7. The number of nitrogens with zero attached hydrogens (tertiary/aromatic N) is 3. The van der Waals surface area contributed by atoms with Crippen molar-refractivity contribution in [2.24, 2.45) is 0 Å². The van der Waals surface area contributed by atoms with Crippen LogP contribution in [0, 0.1) is 6.92 Å². The van der Waals surface area contributed by atoms with Crippen molar-refractivity contribution in [3.05, 3.63) is 77.6 Å². The highest BCUT2D eigenvalue weighted by molar-refractivity contribution is 7.89. The Labute approximate surface area is 187 Å². The van der Waals surface area contributed by atoms with E-state index in [9.17, 15) is 13.2 Å². The summed E-state index contributed by atoms with van der Waals surface area (Å²) in [5.41, 5.74) is 3.14. The molecule has 4 rings (SSSR count). The largest absolute Gasteiger partial charge is 0.379 e. The topological polar surface area (TPSA) is 93.5 Å². The van der Waals surface area contributed by atoms with Crippen LogP contribution in [0.25, 0.3) is 5.69 Å². The minimum atomic E-state index is -3.50. The molecular weight excluding hydrogens is 428 g/mol. The van der Waals surface area contributed by atoms with Crippen molar-refractivity contribution in [1.29, 1.82) is 0 Å². The Balaban J connectivity index is 1.34. The molecule has 0 spiro atoms. The van der Waals surface area contributed by atoms with Crippen molar-refractivity contribution < 1.29 is 17.9 Å². The van der Waals surface area contributed by atoms with E-state index in [1.807, 2.05) is 37.3 Å². The van der Waals surface area contributed by atoms with Crippen LogP contribution in [0.3, 0.4) is 0 Å². The molecule has 1 saturated heterocycles. The normalized spacial score (nSPS) is 14.9. The molecule has 2 heterocycles. The molecule has 1 aliphatic heterocycles. The lowest BCUT2D eigenvalue weighted by atomic mass is 10.1. The minimum Gasteiger partial charge on any atom is -0.379 e. The van der Waals surface area contributed by atoms with Gasteiger partial charge in [-0.2, -0.15) is 9.40 Å². The van der Waals surface area contributed by atoms with Gasteiger partial charge >= 0.3 is 0 Å². The number of hydrogen-bond donors (Lipinski definition) is 1. The monoisotopic (exact) mass is 454 g/mol. The molecule has 1 aliphatic rings. The van der Waals surface area contributed by atoms with Crippen LogP contribution < -0.4 is 5.32 Å². The average Bonchev–Trinajstić information content (AvgIpc) is 3.22. The quantitative estimate of drug-likeness (QED) is 0.591. The summed E-state index contributed by atoms with van der Waals surface area (Å²) in [7, 11) is -3.50. The van der Waals surface area contributed by atoms with Gasteiger partial charge in [0, 0.05) is 19.6 Å². The van der Waals surface area contributed by atoms with Crippen molar-refractivity contribution >= 4 is 15.9 Å². The number of para-hydroxylation sites is 1. The molecular formula is C23H26N4O4S. The van der Waals surface area contributed by atoms with Crippen LogP contribution in [0.2, 0.25) is 0 Å². The van der Waals surface area contributed by atoms with Crippen LogP contribution in [0.4, 0.5) is 0 Å². The first-order valence-electron chi connectivity index (χ1n) is 10.5. The number of amides is 1. The van der Waals surface area contributed by atoms with Gasteiger partial charge in [-0.3, -0.25) is 4.79 Å². The van der Waals surface area contributed by atoms with E-state index in [1.54, 1.807) is 35.1 Å². The Morgan fingerprint density at radius 2 is 1.75 bits per heavy atom. The van der Waals surface area contributed by atoms with Crippen molar-refractivity contribution in [2.45, 2.75) is 18.2 Å². The van der Waals surface area contributed by atoms with E-state index in [1.165, 1.54) is 4.31 Å². The van der Waals surface area contributed by atoms with Gasteiger partial charge < -0.3 is 10.1 Å². The molecule has 1 fully saturated rings. The zero-order valence-electron chi connectivity index (χ0n) is 17.9. The van der Waals surface area contributed by atoms with Crippen LogP contribution in [-0.2, 0) is 21.2 Å². The Morgan fingerprint density at radius 3 is 2.44 bits per heavy atom. The maximum absolute atomic E-state index is 12.7. The predicted octanol–water partition coefficient (Wildman–Crippen LogP) is 2.17. The van der Waals surface area contributed by atoms with E-state index in [0.29, 0.717) is 44.8 Å². The maximum atomic E-state index is 12.7. The summed E-state index contributed by atoms with van der Waals surface area (Å²) in [4.78, 5) is 12.9. The number of carbonyl (C=O) groups is 1. The second kappa shape index (κ2) is 9.64. The smallest absolute Gasteiger partial charge is 0.254 e. The third kappa shape index (κ3) is 4.74. The first-order valence-corrected chi connectivity index (χ1v) is 12.0. The van der Waals surface area contributed by atoms with Gasteiger partial charge in [0.2, 0.25) is 10.0 Å². The van der Waals surface area contributed by atoms with Gasteiger partial charge in [-0.05, 0) is 43.2 Å². The van der Waals surface area contributed by atoms with Gasteiger partial charge in [-0.1, -0.05) is 30.3 Å². The van der Waals surface area contributed by atoms with Crippen LogP contribution in [0.1, 0.15) is 21.6 Å². The molecule has 0 aliphatic carbocycles. The lowest BCUT2D eigenvalue weighted by molar-refractivity contribution is 0.0730. The summed E-state index contributed by atoms with van der Waals surface area (Å²) in [6.07, 6.45) is 2.17. The number of benzene rings is 2. The van der Waals surface area contributed by atoms with Crippen molar-refractivity contribution in [1.82, 2.24) is 19.4 Å². The number of carbonyl (C=O) groups excluding carboxylic acids is 1. The summed E-state index contributed by atoms with van der Waals surface area (Å²) in [6.45, 7) is 3.88. The third-order valence-corrected chi connectivity index (χ3v) is 7.40. The predicted molar refractivity (Wildman–Crippen MR) is 120 cm³/mol. The molecule has 3 aromatic rings. The van der Waals surface area contributed by atoms with Crippen LogP contribution in [0.15, 0.2) is 65.7 Å². The zero-order chi connectivity index (χ0) is 22.6. The van der Waals surface area contributed by atoms with Gasteiger partial charge in [0.25, 0.3) is 5.91 Å². The van der Waals surface area contributed by atoms with Gasteiger partial charge in [0.05, 0.1) is 41.3 Å². The van der Waals surface area contributed by atoms with E-state index in [0.717, 1.165) is 16.9 Å². The van der Waals surface area contributed by atoms with Crippen LogP contribution in [0.5, 0.6) is 0 Å².